The number of hydrogen-bond donors (Lipinski definition) is 2. The second kappa shape index (κ2) is 12.5. The lowest BCUT2D eigenvalue weighted by molar-refractivity contribution is -0.187. The predicted octanol–water partition coefficient (Wildman–Crippen LogP) is 4.39. The smallest absolute Gasteiger partial charge is 0.425 e. The molecule has 9 heteroatoms. The highest BCUT2D eigenvalue weighted by Gasteiger charge is 2.42. The van der Waals surface area contributed by atoms with Crippen molar-refractivity contribution in [3.05, 3.63) is 54.4 Å². The number of rotatable bonds is 12. The molecule has 1 unspecified atom stereocenters. The lowest BCUT2D eigenvalue weighted by Gasteiger charge is -2.25. The van der Waals surface area contributed by atoms with E-state index in [-0.39, 0.29) is 18.0 Å². The first-order valence-corrected chi connectivity index (χ1v) is 11.8. The molecule has 2 atom stereocenters. The number of nitrogens with one attached hydrogen (secondary N) is 1. The summed E-state index contributed by atoms with van der Waals surface area (Å²) < 4.78 is 34.3. The number of ether oxygens (including phenoxy) is 1. The van der Waals surface area contributed by atoms with Crippen molar-refractivity contribution in [2.24, 2.45) is 5.92 Å². The molecule has 0 aliphatic heterocycles. The van der Waals surface area contributed by atoms with Crippen LogP contribution in [0.5, 0.6) is 5.75 Å². The van der Waals surface area contributed by atoms with Gasteiger partial charge in [0.1, 0.15) is 5.75 Å². The number of nitrogens with zero attached hydrogens (tertiary/aromatic N) is 1. The van der Waals surface area contributed by atoms with Crippen molar-refractivity contribution in [1.29, 1.82) is 0 Å². The van der Waals surface area contributed by atoms with E-state index in [1.165, 1.54) is 42.6 Å². The highest BCUT2D eigenvalue weighted by atomic mass is 32.2. The molecule has 0 spiro atoms. The van der Waals surface area contributed by atoms with E-state index in [4.69, 9.17) is 4.74 Å². The number of alkyl halides is 2. The Morgan fingerprint density at radius 3 is 2.61 bits per heavy atom. The highest BCUT2D eigenvalue weighted by molar-refractivity contribution is 7.98. The number of carboxylic acid groups (broad SMARTS) is 1. The molecule has 0 aliphatic carbocycles. The van der Waals surface area contributed by atoms with E-state index < -0.39 is 24.0 Å². The standard InChI is InChI=1S/C22H24F2N2O3S2/c1-3-6-20(22(23,24)29-18-8-10-19(30-2)11-9-18)26-13-16(21(27)28)14-31-15-17-7-4-5-12-25-17/h4-5,7-12,16,20,26H,13-15H2,1-2H3,(H,27,28)/t16?,20-/m0/s1. The second-order valence-corrected chi connectivity index (χ2v) is 8.36. The van der Waals surface area contributed by atoms with Gasteiger partial charge in [-0.1, -0.05) is 12.0 Å². The fourth-order valence-corrected chi connectivity index (χ4v) is 3.98. The minimum Gasteiger partial charge on any atom is -0.481 e. The fourth-order valence-electron chi connectivity index (χ4n) is 2.52. The summed E-state index contributed by atoms with van der Waals surface area (Å²) in [5, 5.41) is 12.0. The monoisotopic (exact) mass is 466 g/mol. The Kier molecular flexibility index (Phi) is 10.1. The first kappa shape index (κ1) is 25.0. The number of aliphatic carboxylic acids is 1. The molecule has 0 amide bonds. The summed E-state index contributed by atoms with van der Waals surface area (Å²) in [6.45, 7) is 1.27. The van der Waals surface area contributed by atoms with Gasteiger partial charge in [-0.05, 0) is 49.6 Å². The maximum atomic E-state index is 14.7. The number of halogens is 2. The normalized spacial score (nSPS) is 13.0. The Hall–Kier alpha value is -2.28. The first-order valence-electron chi connectivity index (χ1n) is 9.42. The molecule has 31 heavy (non-hydrogen) atoms. The van der Waals surface area contributed by atoms with Crippen LogP contribution in [0, 0.1) is 17.8 Å². The van der Waals surface area contributed by atoms with E-state index in [9.17, 15) is 18.7 Å². The molecule has 2 aromatic rings. The SMILES string of the molecule is CC#C[C@H](NCC(CSCc1ccccn1)C(=O)O)C(F)(F)Oc1ccc(SC)cc1. The van der Waals surface area contributed by atoms with E-state index in [0.717, 1.165) is 10.6 Å². The number of benzene rings is 1. The summed E-state index contributed by atoms with van der Waals surface area (Å²) in [4.78, 5) is 16.7. The Bertz CT molecular complexity index is 887. The van der Waals surface area contributed by atoms with E-state index >= 15 is 0 Å². The molecule has 2 N–H and O–H groups in total. The quantitative estimate of drug-likeness (QED) is 0.355. The van der Waals surface area contributed by atoms with Crippen LogP contribution in [0.1, 0.15) is 12.6 Å². The van der Waals surface area contributed by atoms with Crippen molar-refractivity contribution in [2.45, 2.75) is 29.7 Å². The summed E-state index contributed by atoms with van der Waals surface area (Å²) in [6.07, 6.45) is -0.0975. The molecule has 2 rings (SSSR count). The van der Waals surface area contributed by atoms with Crippen molar-refractivity contribution in [3.8, 4) is 17.6 Å². The van der Waals surface area contributed by atoms with Gasteiger partial charge in [-0.25, -0.2) is 0 Å². The van der Waals surface area contributed by atoms with Gasteiger partial charge in [0.05, 0.1) is 11.6 Å². The highest BCUT2D eigenvalue weighted by Crippen LogP contribution is 2.27. The van der Waals surface area contributed by atoms with Crippen molar-refractivity contribution >= 4 is 29.5 Å². The third-order valence-electron chi connectivity index (χ3n) is 4.15. The van der Waals surface area contributed by atoms with Gasteiger partial charge in [0.25, 0.3) is 0 Å². The first-order chi connectivity index (χ1) is 14.9. The minimum atomic E-state index is -3.64. The zero-order valence-corrected chi connectivity index (χ0v) is 18.8. The Labute approximate surface area is 189 Å². The fraction of sp³-hybridized carbons (Fsp3) is 0.364. The van der Waals surface area contributed by atoms with Crippen LogP contribution in [0.4, 0.5) is 8.78 Å². The Morgan fingerprint density at radius 1 is 1.29 bits per heavy atom. The molecule has 5 nitrogen and oxygen atoms in total. The molecule has 166 valence electrons. The summed E-state index contributed by atoms with van der Waals surface area (Å²) in [7, 11) is 0. The number of thioether (sulfide) groups is 2. The third-order valence-corrected chi connectivity index (χ3v) is 6.03. The van der Waals surface area contributed by atoms with Gasteiger partial charge in [-0.2, -0.15) is 20.5 Å². The number of aromatic nitrogens is 1. The average Bonchev–Trinajstić information content (AvgIpc) is 2.76. The molecule has 1 heterocycles. The second-order valence-electron chi connectivity index (χ2n) is 6.45. The van der Waals surface area contributed by atoms with Gasteiger partial charge in [0.2, 0.25) is 0 Å². The maximum Gasteiger partial charge on any atom is 0.425 e. The molecule has 0 radical (unpaired) electrons. The predicted molar refractivity (Wildman–Crippen MR) is 121 cm³/mol. The summed E-state index contributed by atoms with van der Waals surface area (Å²) in [6, 6.07) is 10.1. The Balaban J connectivity index is 1.96. The van der Waals surface area contributed by atoms with Crippen LogP contribution >= 0.6 is 23.5 Å². The van der Waals surface area contributed by atoms with Gasteiger partial charge in [0, 0.05) is 29.1 Å². The minimum absolute atomic E-state index is 0.00760. The summed E-state index contributed by atoms with van der Waals surface area (Å²) in [5.41, 5.74) is 0.826. The van der Waals surface area contributed by atoms with Crippen LogP contribution < -0.4 is 10.1 Å². The van der Waals surface area contributed by atoms with Crippen LogP contribution in [0.25, 0.3) is 0 Å². The molecule has 0 bridgehead atoms. The van der Waals surface area contributed by atoms with Crippen LogP contribution in [0.15, 0.2) is 53.6 Å². The summed E-state index contributed by atoms with van der Waals surface area (Å²) >= 11 is 2.87. The van der Waals surface area contributed by atoms with Crippen molar-refractivity contribution in [1.82, 2.24) is 10.3 Å². The lowest BCUT2D eigenvalue weighted by atomic mass is 10.1. The third kappa shape index (κ3) is 8.40. The number of pyridine rings is 1. The molecule has 0 aliphatic rings. The molecular weight excluding hydrogens is 442 g/mol. The van der Waals surface area contributed by atoms with Crippen LogP contribution in [0.3, 0.4) is 0 Å². The van der Waals surface area contributed by atoms with E-state index in [1.807, 2.05) is 18.4 Å². The molecule has 1 aromatic heterocycles. The number of carboxylic acids is 1. The average molecular weight is 467 g/mol. The summed E-state index contributed by atoms with van der Waals surface area (Å²) in [5.74, 6) is 3.70. The van der Waals surface area contributed by atoms with E-state index in [0.29, 0.717) is 5.75 Å². The van der Waals surface area contributed by atoms with Gasteiger partial charge < -0.3 is 9.84 Å². The van der Waals surface area contributed by atoms with Crippen molar-refractivity contribution in [2.75, 3.05) is 18.6 Å². The van der Waals surface area contributed by atoms with Crippen LogP contribution in [0.2, 0.25) is 0 Å². The molecule has 0 saturated carbocycles. The van der Waals surface area contributed by atoms with Gasteiger partial charge in [-0.15, -0.1) is 17.7 Å². The largest absolute Gasteiger partial charge is 0.481 e. The van der Waals surface area contributed by atoms with Crippen molar-refractivity contribution < 1.29 is 23.4 Å². The van der Waals surface area contributed by atoms with Gasteiger partial charge in [0.15, 0.2) is 6.04 Å². The number of hydrogen-bond acceptors (Lipinski definition) is 6. The zero-order chi connectivity index (χ0) is 22.7. The van der Waals surface area contributed by atoms with E-state index in [2.05, 4.69) is 22.1 Å². The maximum absolute atomic E-state index is 14.7. The molecule has 0 saturated heterocycles. The van der Waals surface area contributed by atoms with Gasteiger partial charge >= 0.3 is 12.1 Å². The van der Waals surface area contributed by atoms with Crippen molar-refractivity contribution in [3.63, 3.8) is 0 Å². The molecule has 1 aromatic carbocycles. The molecular formula is C22H24F2N2O3S2. The van der Waals surface area contributed by atoms with Gasteiger partial charge in [-0.3, -0.25) is 15.1 Å². The van der Waals surface area contributed by atoms with Crippen LogP contribution in [-0.2, 0) is 10.5 Å². The molecule has 0 fully saturated rings. The topological polar surface area (TPSA) is 71.5 Å². The lowest BCUT2D eigenvalue weighted by Crippen LogP contribution is -2.50. The van der Waals surface area contributed by atoms with Crippen LogP contribution in [-0.4, -0.2) is 46.8 Å². The number of carbonyl (C=O) groups is 1. The Morgan fingerprint density at radius 2 is 2.03 bits per heavy atom. The zero-order valence-electron chi connectivity index (χ0n) is 17.2. The van der Waals surface area contributed by atoms with E-state index in [1.54, 1.807) is 24.4 Å².